The van der Waals surface area contributed by atoms with Crippen LogP contribution < -0.4 is 0 Å². The highest BCUT2D eigenvalue weighted by atomic mass is 15.2. The third-order valence-corrected chi connectivity index (χ3v) is 3.72. The van der Waals surface area contributed by atoms with Gasteiger partial charge in [0, 0.05) is 0 Å². The summed E-state index contributed by atoms with van der Waals surface area (Å²) in [6.45, 7) is 0. The predicted octanol–water partition coefficient (Wildman–Crippen LogP) is 2.54. The number of fused-ring (bicyclic) bond motifs is 2. The van der Waals surface area contributed by atoms with Gasteiger partial charge in [0.25, 0.3) is 0 Å². The first-order chi connectivity index (χ1) is 5.39. The zero-order valence-corrected chi connectivity index (χ0v) is 6.79. The number of nitrogens with zero attached hydrogens (tertiary/aromatic N) is 2. The third kappa shape index (κ3) is 0.784. The molecule has 0 amide bonds. The van der Waals surface area contributed by atoms with Crippen molar-refractivity contribution >= 4 is 0 Å². The van der Waals surface area contributed by atoms with E-state index < -0.39 is 0 Å². The van der Waals surface area contributed by atoms with Crippen LogP contribution in [0.1, 0.15) is 38.5 Å². The predicted molar refractivity (Wildman–Crippen MR) is 42.6 cm³/mol. The van der Waals surface area contributed by atoms with Crippen molar-refractivity contribution < 1.29 is 0 Å². The molecule has 2 aliphatic heterocycles. The monoisotopic (exact) mass is 150 g/mol. The van der Waals surface area contributed by atoms with E-state index in [9.17, 15) is 0 Å². The number of rotatable bonds is 0. The van der Waals surface area contributed by atoms with Crippen LogP contribution in [0.2, 0.25) is 0 Å². The first-order valence-corrected chi connectivity index (χ1v) is 4.79. The topological polar surface area (TPSA) is 24.7 Å². The van der Waals surface area contributed by atoms with Gasteiger partial charge in [-0.1, -0.05) is 0 Å². The van der Waals surface area contributed by atoms with Crippen molar-refractivity contribution in [2.75, 3.05) is 0 Å². The molecule has 4 aliphatic rings. The Hall–Kier alpha value is -0.400. The Labute approximate surface area is 67.1 Å². The highest BCUT2D eigenvalue weighted by Crippen LogP contribution is 2.58. The molecule has 0 aromatic carbocycles. The zero-order chi connectivity index (χ0) is 7.31. The fraction of sp³-hybridized carbons (Fsp3) is 1.00. The van der Waals surface area contributed by atoms with Crippen LogP contribution in [0.25, 0.3) is 0 Å². The average molecular weight is 150 g/mol. The second-order valence-corrected chi connectivity index (χ2v) is 4.38. The van der Waals surface area contributed by atoms with Crippen LogP contribution in [0.3, 0.4) is 0 Å². The molecule has 0 radical (unpaired) electrons. The van der Waals surface area contributed by atoms with Crippen LogP contribution in [0.4, 0.5) is 0 Å². The van der Waals surface area contributed by atoms with Crippen molar-refractivity contribution in [3.63, 3.8) is 0 Å². The second-order valence-electron chi connectivity index (χ2n) is 4.38. The van der Waals surface area contributed by atoms with E-state index in [2.05, 4.69) is 10.2 Å². The van der Waals surface area contributed by atoms with Crippen molar-refractivity contribution in [1.82, 2.24) is 0 Å². The lowest BCUT2D eigenvalue weighted by Crippen LogP contribution is -2.19. The van der Waals surface area contributed by atoms with Gasteiger partial charge >= 0.3 is 0 Å². The number of azo groups is 1. The molecule has 2 aliphatic carbocycles. The molecule has 11 heavy (non-hydrogen) atoms. The first kappa shape index (κ1) is 6.15. The molecule has 60 valence electrons. The molecular formula is C9H14N2. The minimum absolute atomic E-state index is 0.603. The standard InChI is InChI=1S/C9H14N2/c1-2-8-9(5-6-9)4-3-7(1)10-11-8/h7-8H,1-6H2/t7-,8+/m1/s1. The lowest BCUT2D eigenvalue weighted by atomic mass is 9.92. The summed E-state index contributed by atoms with van der Waals surface area (Å²) in [6, 6.07) is 1.23. The van der Waals surface area contributed by atoms with Gasteiger partial charge in [0.1, 0.15) is 0 Å². The Morgan fingerprint density at radius 1 is 0.909 bits per heavy atom. The van der Waals surface area contributed by atoms with E-state index in [0.717, 1.165) is 0 Å². The van der Waals surface area contributed by atoms with E-state index in [0.29, 0.717) is 17.5 Å². The minimum Gasteiger partial charge on any atom is -0.191 e. The summed E-state index contributed by atoms with van der Waals surface area (Å²) >= 11 is 0. The summed E-state index contributed by atoms with van der Waals surface area (Å²) in [4.78, 5) is 0. The molecule has 0 unspecified atom stereocenters. The first-order valence-electron chi connectivity index (χ1n) is 4.79. The quantitative estimate of drug-likeness (QED) is 0.507. The van der Waals surface area contributed by atoms with E-state index in [1.54, 1.807) is 0 Å². The molecule has 1 spiro atoms. The van der Waals surface area contributed by atoms with Crippen LogP contribution in [-0.4, -0.2) is 12.1 Å². The minimum atomic E-state index is 0.603. The SMILES string of the molecule is C1C[C@@H]2N=N[C@H]1CCC21CC1. The molecule has 0 aromatic heterocycles. The Kier molecular flexibility index (Phi) is 1.03. The van der Waals surface area contributed by atoms with Gasteiger partial charge < -0.3 is 0 Å². The molecule has 2 saturated carbocycles. The lowest BCUT2D eigenvalue weighted by Gasteiger charge is -2.19. The summed E-state index contributed by atoms with van der Waals surface area (Å²) in [7, 11) is 0. The van der Waals surface area contributed by atoms with Gasteiger partial charge in [0.05, 0.1) is 12.1 Å². The Bertz CT molecular complexity index is 206. The van der Waals surface area contributed by atoms with Crippen LogP contribution in [0, 0.1) is 5.41 Å². The van der Waals surface area contributed by atoms with Gasteiger partial charge in [-0.25, -0.2) is 0 Å². The van der Waals surface area contributed by atoms with Gasteiger partial charge in [-0.15, -0.1) is 0 Å². The summed E-state index contributed by atoms with van der Waals surface area (Å²) in [5.74, 6) is 0. The van der Waals surface area contributed by atoms with Gasteiger partial charge in [0.15, 0.2) is 0 Å². The van der Waals surface area contributed by atoms with Crippen LogP contribution in [-0.2, 0) is 0 Å². The van der Waals surface area contributed by atoms with Crippen LogP contribution >= 0.6 is 0 Å². The van der Waals surface area contributed by atoms with Crippen LogP contribution in [0.15, 0.2) is 10.2 Å². The smallest absolute Gasteiger partial charge is 0.0765 e. The molecule has 0 N–H and O–H groups in total. The Morgan fingerprint density at radius 3 is 2.45 bits per heavy atom. The van der Waals surface area contributed by atoms with Gasteiger partial charge in [-0.05, 0) is 43.9 Å². The van der Waals surface area contributed by atoms with Crippen LogP contribution in [0.5, 0.6) is 0 Å². The largest absolute Gasteiger partial charge is 0.191 e. The molecule has 0 aromatic rings. The normalized spacial score (nSPS) is 44.4. The number of hydrogen-bond acceptors (Lipinski definition) is 2. The molecule has 2 nitrogen and oxygen atoms in total. The van der Waals surface area contributed by atoms with Gasteiger partial charge in [-0.2, -0.15) is 10.2 Å². The highest BCUT2D eigenvalue weighted by molar-refractivity contribution is 5.05. The molecular weight excluding hydrogens is 136 g/mol. The molecule has 0 saturated heterocycles. The van der Waals surface area contributed by atoms with Gasteiger partial charge in [0.2, 0.25) is 0 Å². The molecule has 4 rings (SSSR count). The zero-order valence-electron chi connectivity index (χ0n) is 6.79. The van der Waals surface area contributed by atoms with E-state index >= 15 is 0 Å². The highest BCUT2D eigenvalue weighted by Gasteiger charge is 2.52. The van der Waals surface area contributed by atoms with Gasteiger partial charge in [-0.3, -0.25) is 0 Å². The Balaban J connectivity index is 1.95. The Morgan fingerprint density at radius 2 is 1.82 bits per heavy atom. The van der Waals surface area contributed by atoms with Crippen molar-refractivity contribution in [2.45, 2.75) is 50.6 Å². The lowest BCUT2D eigenvalue weighted by molar-refractivity contribution is 0.362. The van der Waals surface area contributed by atoms with Crippen molar-refractivity contribution in [1.29, 1.82) is 0 Å². The molecule has 2 heteroatoms. The van der Waals surface area contributed by atoms with E-state index in [4.69, 9.17) is 0 Å². The summed E-state index contributed by atoms with van der Waals surface area (Å²) in [5.41, 5.74) is 0.661. The number of hydrogen-bond donors (Lipinski definition) is 0. The third-order valence-electron chi connectivity index (χ3n) is 3.72. The maximum atomic E-state index is 4.43. The molecule has 2 fully saturated rings. The van der Waals surface area contributed by atoms with Crippen molar-refractivity contribution in [2.24, 2.45) is 15.6 Å². The molecule has 2 heterocycles. The maximum absolute atomic E-state index is 4.43. The van der Waals surface area contributed by atoms with E-state index in [1.807, 2.05) is 0 Å². The maximum Gasteiger partial charge on any atom is 0.0765 e. The van der Waals surface area contributed by atoms with E-state index in [-0.39, 0.29) is 0 Å². The van der Waals surface area contributed by atoms with E-state index in [1.165, 1.54) is 38.5 Å². The average Bonchev–Trinajstić information content (AvgIpc) is 2.86. The fourth-order valence-electron chi connectivity index (χ4n) is 2.64. The molecule has 2 atom stereocenters. The fourth-order valence-corrected chi connectivity index (χ4v) is 2.64. The van der Waals surface area contributed by atoms with Crippen molar-refractivity contribution in [3.8, 4) is 0 Å². The summed E-state index contributed by atoms with van der Waals surface area (Å²) in [5, 5.41) is 8.78. The summed E-state index contributed by atoms with van der Waals surface area (Å²) < 4.78 is 0. The summed E-state index contributed by atoms with van der Waals surface area (Å²) in [6.07, 6.45) is 8.24. The second kappa shape index (κ2) is 1.85. The van der Waals surface area contributed by atoms with Crippen molar-refractivity contribution in [3.05, 3.63) is 0 Å². The molecule has 2 bridgehead atoms.